The lowest BCUT2D eigenvalue weighted by Crippen LogP contribution is -2.38. The van der Waals surface area contributed by atoms with E-state index in [9.17, 15) is 9.90 Å². The molecule has 0 unspecified atom stereocenters. The average molecular weight is 427 g/mol. The van der Waals surface area contributed by atoms with Gasteiger partial charge in [-0.15, -0.1) is 5.10 Å². The number of carbonyl (C=O) groups is 1. The number of aryl methyl sites for hydroxylation is 2. The molecule has 1 aliphatic carbocycles. The number of rotatable bonds is 8. The molecule has 0 fully saturated rings. The number of aliphatic hydroxyl groups is 1. The van der Waals surface area contributed by atoms with Crippen molar-refractivity contribution in [3.63, 3.8) is 0 Å². The van der Waals surface area contributed by atoms with Gasteiger partial charge in [0.15, 0.2) is 11.5 Å². The fourth-order valence-electron chi connectivity index (χ4n) is 3.14. The van der Waals surface area contributed by atoms with Gasteiger partial charge in [0.25, 0.3) is 5.88 Å². The maximum atomic E-state index is 12.2. The third-order valence-electron chi connectivity index (χ3n) is 5.20. The summed E-state index contributed by atoms with van der Waals surface area (Å²) in [7, 11) is 6.33. The van der Waals surface area contributed by atoms with Crippen LogP contribution < -0.4 is 10.1 Å². The minimum atomic E-state index is -0.0786. The van der Waals surface area contributed by atoms with Gasteiger partial charge in [0.05, 0.1) is 44.7 Å². The molecule has 8 heteroatoms. The van der Waals surface area contributed by atoms with Crippen molar-refractivity contribution in [1.29, 1.82) is 0 Å². The Labute approximate surface area is 183 Å². The summed E-state index contributed by atoms with van der Waals surface area (Å²) in [5.74, 6) is 0.379. The summed E-state index contributed by atoms with van der Waals surface area (Å²) >= 11 is 0. The number of allylic oxidation sites excluding steroid dienone is 3. The molecule has 0 aliphatic heterocycles. The Balaban J connectivity index is 2.10. The number of fused-ring (bicyclic) bond motifs is 1. The van der Waals surface area contributed by atoms with E-state index in [1.54, 1.807) is 13.0 Å². The maximum absolute atomic E-state index is 12.2. The van der Waals surface area contributed by atoms with Gasteiger partial charge >= 0.3 is 0 Å². The summed E-state index contributed by atoms with van der Waals surface area (Å²) in [6, 6.07) is 4.02. The van der Waals surface area contributed by atoms with Crippen molar-refractivity contribution < 1.29 is 19.1 Å². The van der Waals surface area contributed by atoms with Crippen LogP contribution in [0, 0.1) is 13.8 Å². The monoisotopic (exact) mass is 426 g/mol. The topological polar surface area (TPSA) is 88.2 Å². The fourth-order valence-corrected chi connectivity index (χ4v) is 3.14. The van der Waals surface area contributed by atoms with E-state index in [-0.39, 0.29) is 12.4 Å². The number of quaternary nitrogens is 1. The highest BCUT2D eigenvalue weighted by molar-refractivity contribution is 6.22. The Morgan fingerprint density at radius 3 is 2.61 bits per heavy atom. The van der Waals surface area contributed by atoms with E-state index in [1.807, 2.05) is 30.5 Å². The van der Waals surface area contributed by atoms with Gasteiger partial charge in [-0.1, -0.05) is 6.07 Å². The molecule has 0 atom stereocenters. The lowest BCUT2D eigenvalue weighted by Gasteiger charge is -2.23. The zero-order valence-electron chi connectivity index (χ0n) is 19.2. The molecule has 0 radical (unpaired) electrons. The molecule has 2 N–H and O–H groups in total. The van der Waals surface area contributed by atoms with Crippen LogP contribution >= 0.6 is 0 Å². The molecule has 166 valence electrons. The van der Waals surface area contributed by atoms with Crippen LogP contribution in [0.1, 0.15) is 18.2 Å². The smallest absolute Gasteiger partial charge is 0.260 e. The summed E-state index contributed by atoms with van der Waals surface area (Å²) in [6.07, 6.45) is 3.27. The second-order valence-electron chi connectivity index (χ2n) is 8.81. The van der Waals surface area contributed by atoms with E-state index in [0.29, 0.717) is 41.7 Å². The van der Waals surface area contributed by atoms with Gasteiger partial charge in [-0.05, 0) is 44.1 Å². The molecule has 8 nitrogen and oxygen atoms in total. The number of hydrogen-bond donors (Lipinski definition) is 2. The zero-order chi connectivity index (χ0) is 22.8. The van der Waals surface area contributed by atoms with Gasteiger partial charge in [-0.2, -0.15) is 0 Å². The molecule has 31 heavy (non-hydrogen) atoms. The van der Waals surface area contributed by atoms with Crippen LogP contribution in [-0.4, -0.2) is 78.1 Å². The van der Waals surface area contributed by atoms with Crippen LogP contribution in [0.5, 0.6) is 5.88 Å². The zero-order valence-corrected chi connectivity index (χ0v) is 19.2. The summed E-state index contributed by atoms with van der Waals surface area (Å²) in [5, 5.41) is 17.0. The second-order valence-corrected chi connectivity index (χ2v) is 8.81. The number of likely N-dealkylation sites (N-methyl/N-ethyl adjacent to an activating group) is 1. The SMILES string of the molecule is CC1=CC(=Nc2c(OCC[N+](C)(C)C)nn3c(C)c(C)ccc23)C(NCCO)=CC1=O. The van der Waals surface area contributed by atoms with E-state index in [0.717, 1.165) is 27.8 Å². The third-order valence-corrected chi connectivity index (χ3v) is 5.20. The number of nitrogens with one attached hydrogen (secondary N) is 1. The molecular weight excluding hydrogens is 394 g/mol. The molecule has 0 bridgehead atoms. The Hall–Kier alpha value is -2.97. The minimum Gasteiger partial charge on any atom is -0.469 e. The van der Waals surface area contributed by atoms with Gasteiger partial charge in [-0.25, -0.2) is 9.51 Å². The molecule has 0 spiro atoms. The number of ether oxygens (including phenoxy) is 1. The molecule has 2 aromatic heterocycles. The summed E-state index contributed by atoms with van der Waals surface area (Å²) in [5.41, 5.74) is 5.37. The summed E-state index contributed by atoms with van der Waals surface area (Å²) < 4.78 is 8.70. The van der Waals surface area contributed by atoms with Crippen LogP contribution in [0.4, 0.5) is 5.69 Å². The van der Waals surface area contributed by atoms with Crippen molar-refractivity contribution in [1.82, 2.24) is 14.9 Å². The second kappa shape index (κ2) is 9.03. The van der Waals surface area contributed by atoms with Crippen LogP contribution in [0.15, 0.2) is 40.5 Å². The van der Waals surface area contributed by atoms with Gasteiger partial charge in [-0.3, -0.25) is 4.79 Å². The number of hydrogen-bond acceptors (Lipinski definition) is 6. The van der Waals surface area contributed by atoms with Gasteiger partial charge in [0, 0.05) is 18.3 Å². The number of aromatic nitrogens is 2. The highest BCUT2D eigenvalue weighted by Crippen LogP contribution is 2.34. The standard InChI is InChI=1S/C23H31N5O3/c1-15-7-8-20-22(23(26-27(20)17(15)3)31-12-10-28(4,5)6)25-19-13-16(2)21(30)14-18(19)24-9-11-29/h7-8,13-14,29H,9-12H2,1-6H3/p+1. The molecule has 1 aliphatic rings. The Morgan fingerprint density at radius 2 is 1.94 bits per heavy atom. The maximum Gasteiger partial charge on any atom is 0.260 e. The van der Waals surface area contributed by atoms with Crippen LogP contribution in [0.25, 0.3) is 5.52 Å². The normalized spacial score (nSPS) is 16.0. The van der Waals surface area contributed by atoms with Crippen molar-refractivity contribution in [3.8, 4) is 5.88 Å². The van der Waals surface area contributed by atoms with E-state index >= 15 is 0 Å². The third kappa shape index (κ3) is 5.21. The molecule has 2 heterocycles. The lowest BCUT2D eigenvalue weighted by atomic mass is 10.0. The number of carbonyl (C=O) groups excluding carboxylic acids is 1. The predicted octanol–water partition coefficient (Wildman–Crippen LogP) is 2.10. The average Bonchev–Trinajstić information content (AvgIpc) is 3.03. The Bertz CT molecular complexity index is 1090. The van der Waals surface area contributed by atoms with Gasteiger partial charge < -0.3 is 19.6 Å². The summed E-state index contributed by atoms with van der Waals surface area (Å²) in [6.45, 7) is 7.42. The fraction of sp³-hybridized carbons (Fsp3) is 0.435. The van der Waals surface area contributed by atoms with Crippen LogP contribution in [0.2, 0.25) is 0 Å². The summed E-state index contributed by atoms with van der Waals surface area (Å²) in [4.78, 5) is 17.0. The molecule has 0 aromatic carbocycles. The first-order valence-corrected chi connectivity index (χ1v) is 10.4. The first-order chi connectivity index (χ1) is 14.6. The first kappa shape index (κ1) is 22.7. The number of aliphatic imine (C=N–C) groups is 1. The van der Waals surface area contributed by atoms with E-state index in [2.05, 4.69) is 26.5 Å². The van der Waals surface area contributed by atoms with Crippen molar-refractivity contribution in [3.05, 3.63) is 46.8 Å². The highest BCUT2D eigenvalue weighted by atomic mass is 16.5. The number of aliphatic hydroxyl groups excluding tert-OH is 1. The predicted molar refractivity (Wildman–Crippen MR) is 122 cm³/mol. The quantitative estimate of drug-likeness (QED) is 0.499. The lowest BCUT2D eigenvalue weighted by molar-refractivity contribution is -0.870. The van der Waals surface area contributed by atoms with Crippen molar-refractivity contribution in [2.75, 3.05) is 47.4 Å². The van der Waals surface area contributed by atoms with Crippen molar-refractivity contribution in [2.24, 2.45) is 4.99 Å². The van der Waals surface area contributed by atoms with E-state index in [4.69, 9.17) is 14.8 Å². The Kier molecular flexibility index (Phi) is 6.62. The first-order valence-electron chi connectivity index (χ1n) is 10.4. The van der Waals surface area contributed by atoms with Gasteiger partial charge in [0.2, 0.25) is 0 Å². The molecule has 2 aromatic rings. The van der Waals surface area contributed by atoms with E-state index in [1.165, 1.54) is 6.08 Å². The highest BCUT2D eigenvalue weighted by Gasteiger charge is 2.21. The molecule has 3 rings (SSSR count). The number of pyridine rings is 1. The molecular formula is C23H32N5O3+. The molecule has 0 amide bonds. The molecule has 0 saturated heterocycles. The van der Waals surface area contributed by atoms with E-state index < -0.39 is 0 Å². The number of ketones is 1. The number of nitrogens with zero attached hydrogens (tertiary/aromatic N) is 4. The van der Waals surface area contributed by atoms with Crippen molar-refractivity contribution in [2.45, 2.75) is 20.8 Å². The van der Waals surface area contributed by atoms with Crippen molar-refractivity contribution >= 4 is 22.7 Å². The largest absolute Gasteiger partial charge is 0.469 e. The molecule has 0 saturated carbocycles. The Morgan fingerprint density at radius 1 is 1.19 bits per heavy atom. The van der Waals surface area contributed by atoms with Crippen LogP contribution in [-0.2, 0) is 4.79 Å². The van der Waals surface area contributed by atoms with Crippen LogP contribution in [0.3, 0.4) is 0 Å². The minimum absolute atomic E-state index is 0.0455. The van der Waals surface area contributed by atoms with Gasteiger partial charge in [0.1, 0.15) is 13.2 Å².